The zero-order valence-electron chi connectivity index (χ0n) is 9.36. The van der Waals surface area contributed by atoms with Gasteiger partial charge in [-0.15, -0.1) is 0 Å². The van der Waals surface area contributed by atoms with E-state index in [9.17, 15) is 9.59 Å². The van der Waals surface area contributed by atoms with Gasteiger partial charge in [-0.3, -0.25) is 9.59 Å². The lowest BCUT2D eigenvalue weighted by Crippen LogP contribution is -2.08. The van der Waals surface area contributed by atoms with Crippen LogP contribution in [0.2, 0.25) is 0 Å². The molecule has 3 nitrogen and oxygen atoms in total. The Labute approximate surface area is 99.2 Å². The van der Waals surface area contributed by atoms with Crippen molar-refractivity contribution >= 4 is 23.5 Å². The Kier molecular flexibility index (Phi) is 5.05. The second-order valence-electron chi connectivity index (χ2n) is 3.26. The van der Waals surface area contributed by atoms with Gasteiger partial charge in [-0.2, -0.15) is 11.8 Å². The molecule has 0 atom stereocenters. The standard InChI is InChI=1S/C12H14O3S/c1-9(13)15-12-6-4-3-5-10(12)11(14)7-8-16-2/h3-6H,7-8H2,1-2H3. The molecule has 0 amide bonds. The van der Waals surface area contributed by atoms with Crippen LogP contribution in [0.5, 0.6) is 5.75 Å². The van der Waals surface area contributed by atoms with Crippen LogP contribution in [0.15, 0.2) is 24.3 Å². The van der Waals surface area contributed by atoms with Crippen LogP contribution in [0.25, 0.3) is 0 Å². The van der Waals surface area contributed by atoms with Gasteiger partial charge in [-0.1, -0.05) is 12.1 Å². The molecule has 1 rings (SSSR count). The fraction of sp³-hybridized carbons (Fsp3) is 0.333. The van der Waals surface area contributed by atoms with Gasteiger partial charge in [0.25, 0.3) is 0 Å². The normalized spacial score (nSPS) is 9.88. The van der Waals surface area contributed by atoms with Crippen molar-refractivity contribution in [3.8, 4) is 5.75 Å². The van der Waals surface area contributed by atoms with Gasteiger partial charge in [-0.05, 0) is 18.4 Å². The van der Waals surface area contributed by atoms with Crippen LogP contribution < -0.4 is 4.74 Å². The first-order valence-electron chi connectivity index (χ1n) is 4.94. The van der Waals surface area contributed by atoms with Gasteiger partial charge in [0.15, 0.2) is 5.78 Å². The average molecular weight is 238 g/mol. The highest BCUT2D eigenvalue weighted by Gasteiger charge is 2.12. The summed E-state index contributed by atoms with van der Waals surface area (Å²) >= 11 is 1.62. The molecule has 0 spiro atoms. The van der Waals surface area contributed by atoms with Gasteiger partial charge in [0.1, 0.15) is 5.75 Å². The van der Waals surface area contributed by atoms with Crippen LogP contribution in [0.3, 0.4) is 0 Å². The van der Waals surface area contributed by atoms with Gasteiger partial charge in [0, 0.05) is 19.1 Å². The van der Waals surface area contributed by atoms with Crippen molar-refractivity contribution in [2.45, 2.75) is 13.3 Å². The van der Waals surface area contributed by atoms with E-state index >= 15 is 0 Å². The van der Waals surface area contributed by atoms with Crippen molar-refractivity contribution < 1.29 is 14.3 Å². The molecule has 16 heavy (non-hydrogen) atoms. The molecule has 0 bridgehead atoms. The molecule has 0 aliphatic heterocycles. The number of hydrogen-bond donors (Lipinski definition) is 0. The van der Waals surface area contributed by atoms with E-state index in [1.54, 1.807) is 36.0 Å². The third kappa shape index (κ3) is 3.70. The molecule has 0 fully saturated rings. The van der Waals surface area contributed by atoms with Gasteiger partial charge >= 0.3 is 5.97 Å². The number of rotatable bonds is 5. The van der Waals surface area contributed by atoms with E-state index in [2.05, 4.69) is 0 Å². The topological polar surface area (TPSA) is 43.4 Å². The maximum absolute atomic E-state index is 11.8. The van der Waals surface area contributed by atoms with Gasteiger partial charge in [0.2, 0.25) is 0 Å². The van der Waals surface area contributed by atoms with E-state index < -0.39 is 5.97 Å². The number of esters is 1. The number of carbonyl (C=O) groups is 2. The predicted octanol–water partition coefficient (Wildman–Crippen LogP) is 2.55. The minimum atomic E-state index is -0.412. The van der Waals surface area contributed by atoms with Crippen LogP contribution >= 0.6 is 11.8 Å². The fourth-order valence-electron chi connectivity index (χ4n) is 1.27. The number of ether oxygens (including phenoxy) is 1. The SMILES string of the molecule is CSCCC(=O)c1ccccc1OC(C)=O. The van der Waals surface area contributed by atoms with Crippen molar-refractivity contribution in [1.82, 2.24) is 0 Å². The summed E-state index contributed by atoms with van der Waals surface area (Å²) in [5.41, 5.74) is 0.478. The number of ketones is 1. The molecule has 1 aromatic carbocycles. The number of para-hydroxylation sites is 1. The molecule has 0 aliphatic carbocycles. The van der Waals surface area contributed by atoms with Gasteiger partial charge in [-0.25, -0.2) is 0 Å². The smallest absolute Gasteiger partial charge is 0.308 e. The monoisotopic (exact) mass is 238 g/mol. The Morgan fingerprint density at radius 3 is 2.62 bits per heavy atom. The highest BCUT2D eigenvalue weighted by Crippen LogP contribution is 2.20. The molecule has 86 valence electrons. The van der Waals surface area contributed by atoms with Gasteiger partial charge in [0.05, 0.1) is 5.56 Å². The minimum Gasteiger partial charge on any atom is -0.426 e. The van der Waals surface area contributed by atoms with E-state index in [1.165, 1.54) is 6.92 Å². The summed E-state index contributed by atoms with van der Waals surface area (Å²) in [5.74, 6) is 0.713. The molecule has 0 heterocycles. The summed E-state index contributed by atoms with van der Waals surface area (Å²) in [6.07, 6.45) is 2.41. The first-order valence-corrected chi connectivity index (χ1v) is 6.34. The molecular formula is C12H14O3S. The Hall–Kier alpha value is -1.29. The second-order valence-corrected chi connectivity index (χ2v) is 4.24. The Balaban J connectivity index is 2.85. The highest BCUT2D eigenvalue weighted by atomic mass is 32.2. The van der Waals surface area contributed by atoms with E-state index in [1.807, 2.05) is 6.26 Å². The molecule has 0 radical (unpaired) electrons. The van der Waals surface area contributed by atoms with Crippen LogP contribution in [0.1, 0.15) is 23.7 Å². The summed E-state index contributed by atoms with van der Waals surface area (Å²) < 4.78 is 4.98. The molecule has 1 aromatic rings. The number of carbonyl (C=O) groups excluding carboxylic acids is 2. The van der Waals surface area contributed by atoms with E-state index in [0.717, 1.165) is 5.75 Å². The van der Waals surface area contributed by atoms with Crippen molar-refractivity contribution in [2.75, 3.05) is 12.0 Å². The fourth-order valence-corrected chi connectivity index (χ4v) is 1.66. The van der Waals surface area contributed by atoms with Gasteiger partial charge < -0.3 is 4.74 Å². The Bertz CT molecular complexity index is 388. The van der Waals surface area contributed by atoms with Crippen LogP contribution in [-0.4, -0.2) is 23.8 Å². The molecule has 0 saturated heterocycles. The summed E-state index contributed by atoms with van der Waals surface area (Å²) in [6.45, 7) is 1.32. The number of hydrogen-bond acceptors (Lipinski definition) is 4. The zero-order valence-corrected chi connectivity index (χ0v) is 10.2. The predicted molar refractivity (Wildman–Crippen MR) is 65.1 cm³/mol. The molecule has 0 aliphatic rings. The Morgan fingerprint density at radius 2 is 2.00 bits per heavy atom. The van der Waals surface area contributed by atoms with Crippen LogP contribution in [0, 0.1) is 0 Å². The summed E-state index contributed by atoms with van der Waals surface area (Å²) in [6, 6.07) is 6.82. The summed E-state index contributed by atoms with van der Waals surface area (Å²) in [7, 11) is 0. The van der Waals surface area contributed by atoms with Crippen molar-refractivity contribution in [3.63, 3.8) is 0 Å². The summed E-state index contributed by atoms with van der Waals surface area (Å²) in [4.78, 5) is 22.7. The Morgan fingerprint density at radius 1 is 1.31 bits per heavy atom. The second kappa shape index (κ2) is 6.33. The quantitative estimate of drug-likeness (QED) is 0.449. The van der Waals surface area contributed by atoms with Crippen molar-refractivity contribution in [3.05, 3.63) is 29.8 Å². The first-order chi connectivity index (χ1) is 7.65. The third-order valence-corrected chi connectivity index (χ3v) is 2.59. The molecule has 0 N–H and O–H groups in total. The third-order valence-electron chi connectivity index (χ3n) is 1.97. The minimum absolute atomic E-state index is 0.00574. The molecule has 0 saturated carbocycles. The zero-order chi connectivity index (χ0) is 12.0. The largest absolute Gasteiger partial charge is 0.426 e. The van der Waals surface area contributed by atoms with Crippen molar-refractivity contribution in [1.29, 1.82) is 0 Å². The number of thioether (sulfide) groups is 1. The molecule has 0 aromatic heterocycles. The van der Waals surface area contributed by atoms with Crippen LogP contribution in [0.4, 0.5) is 0 Å². The molecular weight excluding hydrogens is 224 g/mol. The highest BCUT2D eigenvalue weighted by molar-refractivity contribution is 7.98. The lowest BCUT2D eigenvalue weighted by Gasteiger charge is -2.07. The van der Waals surface area contributed by atoms with E-state index in [-0.39, 0.29) is 5.78 Å². The lowest BCUT2D eigenvalue weighted by molar-refractivity contribution is -0.131. The average Bonchev–Trinajstić information content (AvgIpc) is 2.26. The number of benzene rings is 1. The number of Topliss-reactive ketones (excluding diaryl/α,β-unsaturated/α-hetero) is 1. The lowest BCUT2D eigenvalue weighted by atomic mass is 10.1. The first kappa shape index (κ1) is 12.8. The van der Waals surface area contributed by atoms with Crippen LogP contribution in [-0.2, 0) is 4.79 Å². The maximum atomic E-state index is 11.8. The summed E-state index contributed by atoms with van der Waals surface area (Å²) in [5, 5.41) is 0. The van der Waals surface area contributed by atoms with E-state index in [0.29, 0.717) is 17.7 Å². The molecule has 4 heteroatoms. The van der Waals surface area contributed by atoms with E-state index in [4.69, 9.17) is 4.74 Å². The molecule has 0 unspecified atom stereocenters. The van der Waals surface area contributed by atoms with Crippen molar-refractivity contribution in [2.24, 2.45) is 0 Å². The maximum Gasteiger partial charge on any atom is 0.308 e.